The van der Waals surface area contributed by atoms with Crippen LogP contribution in [0.3, 0.4) is 0 Å². The van der Waals surface area contributed by atoms with Crippen molar-refractivity contribution in [3.63, 3.8) is 0 Å². The molecule has 1 heterocycles. The van der Waals surface area contributed by atoms with E-state index in [0.29, 0.717) is 12.0 Å². The van der Waals surface area contributed by atoms with E-state index in [1.165, 1.54) is 9.58 Å². The van der Waals surface area contributed by atoms with Crippen molar-refractivity contribution in [1.29, 1.82) is 0 Å². The third-order valence-electron chi connectivity index (χ3n) is 5.04. The van der Waals surface area contributed by atoms with Gasteiger partial charge in [0.25, 0.3) is 5.91 Å². The lowest BCUT2D eigenvalue weighted by Gasteiger charge is -2.27. The molecule has 1 N–H and O–H groups in total. The number of aromatic nitrogens is 1. The zero-order chi connectivity index (χ0) is 24.2. The fourth-order valence-electron chi connectivity index (χ4n) is 3.52. The van der Waals surface area contributed by atoms with Crippen LogP contribution in [-0.4, -0.2) is 39.1 Å². The van der Waals surface area contributed by atoms with E-state index in [9.17, 15) is 14.4 Å². The number of hydrogen-bond donors (Lipinski definition) is 1. The fraction of sp³-hybridized carbons (Fsp3) is 0.346. The SMILES string of the molecule is CC(C)N(NC(=O)c1ccccc1)C(=O)CCc1cn(C(=O)OC(C)(C)C)c2ccccc12. The molecule has 7 nitrogen and oxygen atoms in total. The van der Waals surface area contributed by atoms with Crippen LogP contribution in [-0.2, 0) is 16.0 Å². The van der Waals surface area contributed by atoms with Gasteiger partial charge >= 0.3 is 6.09 Å². The molecule has 0 spiro atoms. The number of para-hydroxylation sites is 1. The fourth-order valence-corrected chi connectivity index (χ4v) is 3.52. The van der Waals surface area contributed by atoms with Gasteiger partial charge in [0.15, 0.2) is 0 Å². The number of carbonyl (C=O) groups excluding carboxylic acids is 3. The third-order valence-corrected chi connectivity index (χ3v) is 5.04. The van der Waals surface area contributed by atoms with Crippen LogP contribution >= 0.6 is 0 Å². The molecule has 2 amide bonds. The Morgan fingerprint density at radius 3 is 2.27 bits per heavy atom. The van der Waals surface area contributed by atoms with Gasteiger partial charge < -0.3 is 4.74 Å². The van der Waals surface area contributed by atoms with E-state index in [2.05, 4.69) is 5.43 Å². The van der Waals surface area contributed by atoms with Crippen molar-refractivity contribution in [1.82, 2.24) is 15.0 Å². The smallest absolute Gasteiger partial charge is 0.419 e. The average Bonchev–Trinajstić information content (AvgIpc) is 3.14. The molecule has 0 unspecified atom stereocenters. The highest BCUT2D eigenvalue weighted by molar-refractivity contribution is 5.95. The van der Waals surface area contributed by atoms with Crippen molar-refractivity contribution < 1.29 is 19.1 Å². The summed E-state index contributed by atoms with van der Waals surface area (Å²) >= 11 is 0. The summed E-state index contributed by atoms with van der Waals surface area (Å²) < 4.78 is 7.01. The first-order valence-corrected chi connectivity index (χ1v) is 11.1. The third kappa shape index (κ3) is 6.00. The minimum absolute atomic E-state index is 0.176. The molecule has 0 saturated carbocycles. The Kier molecular flexibility index (Phi) is 7.21. The van der Waals surface area contributed by atoms with Crippen LogP contribution in [0.4, 0.5) is 4.79 Å². The second-order valence-corrected chi connectivity index (χ2v) is 9.19. The summed E-state index contributed by atoms with van der Waals surface area (Å²) in [7, 11) is 0. The summed E-state index contributed by atoms with van der Waals surface area (Å²) in [4.78, 5) is 38.2. The van der Waals surface area contributed by atoms with Crippen molar-refractivity contribution >= 4 is 28.8 Å². The molecule has 3 rings (SSSR count). The van der Waals surface area contributed by atoms with E-state index < -0.39 is 11.7 Å². The highest BCUT2D eigenvalue weighted by Gasteiger charge is 2.23. The zero-order valence-corrected chi connectivity index (χ0v) is 19.8. The van der Waals surface area contributed by atoms with Gasteiger partial charge in [-0.05, 0) is 64.8 Å². The molecule has 174 valence electrons. The predicted octanol–water partition coefficient (Wildman–Crippen LogP) is 4.94. The van der Waals surface area contributed by atoms with Crippen LogP contribution in [0.25, 0.3) is 10.9 Å². The topological polar surface area (TPSA) is 80.6 Å². The van der Waals surface area contributed by atoms with E-state index in [1.54, 1.807) is 30.5 Å². The van der Waals surface area contributed by atoms with Gasteiger partial charge in [-0.25, -0.2) is 4.79 Å². The lowest BCUT2D eigenvalue weighted by molar-refractivity contribution is -0.135. The number of fused-ring (bicyclic) bond motifs is 1. The second kappa shape index (κ2) is 9.90. The van der Waals surface area contributed by atoms with E-state index in [0.717, 1.165) is 16.5 Å². The molecule has 0 saturated heterocycles. The monoisotopic (exact) mass is 449 g/mol. The summed E-state index contributed by atoms with van der Waals surface area (Å²) in [5.41, 5.74) is 4.18. The number of nitrogens with one attached hydrogen (secondary N) is 1. The van der Waals surface area contributed by atoms with Gasteiger partial charge in [0, 0.05) is 29.6 Å². The summed E-state index contributed by atoms with van der Waals surface area (Å²) in [6.45, 7) is 9.15. The molecular formula is C26H31N3O4. The van der Waals surface area contributed by atoms with Crippen LogP contribution in [0.15, 0.2) is 60.8 Å². The minimum atomic E-state index is -0.618. The normalized spacial score (nSPS) is 11.5. The lowest BCUT2D eigenvalue weighted by Crippen LogP contribution is -2.50. The Balaban J connectivity index is 1.76. The molecule has 0 aliphatic rings. The maximum atomic E-state index is 13.0. The number of nitrogens with zero attached hydrogens (tertiary/aromatic N) is 2. The Morgan fingerprint density at radius 1 is 1.00 bits per heavy atom. The number of rotatable bonds is 5. The maximum Gasteiger partial charge on any atom is 0.419 e. The Morgan fingerprint density at radius 2 is 1.64 bits per heavy atom. The molecule has 2 aromatic carbocycles. The Hall–Kier alpha value is -3.61. The molecule has 0 aliphatic heterocycles. The molecule has 1 aromatic heterocycles. The summed E-state index contributed by atoms with van der Waals surface area (Å²) in [6.07, 6.45) is 1.86. The first kappa shape index (κ1) is 24.0. The van der Waals surface area contributed by atoms with Gasteiger partial charge in [-0.1, -0.05) is 36.4 Å². The van der Waals surface area contributed by atoms with Crippen molar-refractivity contribution in [2.24, 2.45) is 0 Å². The number of amides is 2. The molecular weight excluding hydrogens is 418 g/mol. The number of aryl methyl sites for hydroxylation is 1. The molecule has 33 heavy (non-hydrogen) atoms. The number of ether oxygens (including phenoxy) is 1. The zero-order valence-electron chi connectivity index (χ0n) is 19.8. The van der Waals surface area contributed by atoms with Crippen molar-refractivity contribution in [3.05, 3.63) is 71.9 Å². The summed E-state index contributed by atoms with van der Waals surface area (Å²) in [6, 6.07) is 16.1. The quantitative estimate of drug-likeness (QED) is 0.560. The van der Waals surface area contributed by atoms with Crippen LogP contribution in [0.1, 0.15) is 57.0 Å². The first-order valence-electron chi connectivity index (χ1n) is 11.1. The molecule has 0 atom stereocenters. The molecule has 7 heteroatoms. The molecule has 0 aliphatic carbocycles. The Bertz CT molecular complexity index is 1140. The van der Waals surface area contributed by atoms with Gasteiger partial charge in [-0.15, -0.1) is 0 Å². The standard InChI is InChI=1S/C26H31N3O4/c1-18(2)29(27-24(31)19-11-7-6-8-12-19)23(30)16-15-20-17-28(25(32)33-26(3,4)5)22-14-10-9-13-21(20)22/h6-14,17-18H,15-16H2,1-5H3,(H,27,31). The highest BCUT2D eigenvalue weighted by Crippen LogP contribution is 2.24. The number of hydrazine groups is 1. The second-order valence-electron chi connectivity index (χ2n) is 9.19. The van der Waals surface area contributed by atoms with Crippen molar-refractivity contribution in [2.75, 3.05) is 0 Å². The van der Waals surface area contributed by atoms with Gasteiger partial charge in [0.2, 0.25) is 5.91 Å². The van der Waals surface area contributed by atoms with E-state index in [1.807, 2.05) is 65.0 Å². The largest absolute Gasteiger partial charge is 0.443 e. The summed E-state index contributed by atoms with van der Waals surface area (Å²) in [5.74, 6) is -0.539. The van der Waals surface area contributed by atoms with E-state index in [4.69, 9.17) is 4.74 Å². The first-order chi connectivity index (χ1) is 15.6. The van der Waals surface area contributed by atoms with Gasteiger partial charge in [-0.2, -0.15) is 0 Å². The van der Waals surface area contributed by atoms with Crippen LogP contribution < -0.4 is 5.43 Å². The predicted molar refractivity (Wildman–Crippen MR) is 128 cm³/mol. The van der Waals surface area contributed by atoms with Gasteiger partial charge in [-0.3, -0.25) is 24.6 Å². The summed E-state index contributed by atoms with van der Waals surface area (Å²) in [5, 5.41) is 2.25. The van der Waals surface area contributed by atoms with Crippen LogP contribution in [0.2, 0.25) is 0 Å². The average molecular weight is 450 g/mol. The van der Waals surface area contributed by atoms with Crippen molar-refractivity contribution in [2.45, 2.75) is 59.1 Å². The number of benzene rings is 2. The van der Waals surface area contributed by atoms with Gasteiger partial charge in [0.05, 0.1) is 5.52 Å². The lowest BCUT2D eigenvalue weighted by atomic mass is 10.1. The molecule has 0 bridgehead atoms. The number of hydrogen-bond acceptors (Lipinski definition) is 4. The molecule has 3 aromatic rings. The molecule has 0 radical (unpaired) electrons. The van der Waals surface area contributed by atoms with Crippen LogP contribution in [0, 0.1) is 0 Å². The molecule has 0 fully saturated rings. The van der Waals surface area contributed by atoms with Crippen LogP contribution in [0.5, 0.6) is 0 Å². The highest BCUT2D eigenvalue weighted by atomic mass is 16.6. The van der Waals surface area contributed by atoms with Gasteiger partial charge in [0.1, 0.15) is 5.60 Å². The number of carbonyl (C=O) groups is 3. The Labute approximate surface area is 194 Å². The van der Waals surface area contributed by atoms with Crippen molar-refractivity contribution in [3.8, 4) is 0 Å². The van der Waals surface area contributed by atoms with E-state index >= 15 is 0 Å². The maximum absolute atomic E-state index is 13.0. The minimum Gasteiger partial charge on any atom is -0.443 e. The van der Waals surface area contributed by atoms with E-state index in [-0.39, 0.29) is 24.3 Å².